The average molecular weight is 290 g/mol. The Hall–Kier alpha value is -1.88. The summed E-state index contributed by atoms with van der Waals surface area (Å²) in [5.41, 5.74) is 0.709. The molecule has 1 aliphatic rings. The number of likely N-dealkylation sites (tertiary alicyclic amines) is 1. The highest BCUT2D eigenvalue weighted by atomic mass is 16.5. The molecular weight excluding hydrogens is 268 g/mol. The number of piperidine rings is 1. The summed E-state index contributed by atoms with van der Waals surface area (Å²) in [6.45, 7) is 2.34. The van der Waals surface area contributed by atoms with Crippen LogP contribution in [0.2, 0.25) is 0 Å². The highest BCUT2D eigenvalue weighted by Gasteiger charge is 2.27. The predicted molar refractivity (Wildman–Crippen MR) is 80.0 cm³/mol. The SMILES string of the molecule is COCCNC(=O)C1CCN(C(=O)c2ccccc2)CC1. The van der Waals surface area contributed by atoms with E-state index in [2.05, 4.69) is 5.32 Å². The smallest absolute Gasteiger partial charge is 0.253 e. The van der Waals surface area contributed by atoms with Gasteiger partial charge in [-0.15, -0.1) is 0 Å². The second-order valence-electron chi connectivity index (χ2n) is 5.22. The summed E-state index contributed by atoms with van der Waals surface area (Å²) in [6.07, 6.45) is 1.44. The van der Waals surface area contributed by atoms with E-state index >= 15 is 0 Å². The van der Waals surface area contributed by atoms with Crippen molar-refractivity contribution in [1.29, 1.82) is 0 Å². The van der Waals surface area contributed by atoms with Gasteiger partial charge in [0.1, 0.15) is 0 Å². The van der Waals surface area contributed by atoms with Crippen molar-refractivity contribution < 1.29 is 14.3 Å². The molecule has 0 radical (unpaired) electrons. The van der Waals surface area contributed by atoms with Crippen molar-refractivity contribution in [2.24, 2.45) is 5.92 Å². The van der Waals surface area contributed by atoms with Crippen LogP contribution in [0.1, 0.15) is 23.2 Å². The van der Waals surface area contributed by atoms with Gasteiger partial charge < -0.3 is 15.0 Å². The Kier molecular flexibility index (Phi) is 5.75. The molecule has 2 amide bonds. The number of benzene rings is 1. The maximum atomic E-state index is 12.3. The predicted octanol–water partition coefficient (Wildman–Crippen LogP) is 1.30. The number of carbonyl (C=O) groups is 2. The third-order valence-corrected chi connectivity index (χ3v) is 3.78. The van der Waals surface area contributed by atoms with Crippen LogP contribution in [0.5, 0.6) is 0 Å². The lowest BCUT2D eigenvalue weighted by Crippen LogP contribution is -2.43. The third-order valence-electron chi connectivity index (χ3n) is 3.78. The minimum Gasteiger partial charge on any atom is -0.383 e. The van der Waals surface area contributed by atoms with Crippen LogP contribution in [0, 0.1) is 5.92 Å². The molecule has 0 atom stereocenters. The number of ether oxygens (including phenoxy) is 1. The van der Waals surface area contributed by atoms with E-state index in [4.69, 9.17) is 4.74 Å². The van der Waals surface area contributed by atoms with Crippen LogP contribution in [-0.2, 0) is 9.53 Å². The minimum atomic E-state index is 0.00156. The molecule has 0 aliphatic carbocycles. The van der Waals surface area contributed by atoms with Crippen LogP contribution >= 0.6 is 0 Å². The van der Waals surface area contributed by atoms with Crippen molar-refractivity contribution >= 4 is 11.8 Å². The monoisotopic (exact) mass is 290 g/mol. The molecule has 0 saturated carbocycles. The zero-order chi connectivity index (χ0) is 15.1. The lowest BCUT2D eigenvalue weighted by Gasteiger charge is -2.31. The fourth-order valence-electron chi connectivity index (χ4n) is 2.53. The number of amides is 2. The Morgan fingerprint density at radius 2 is 1.90 bits per heavy atom. The first-order chi connectivity index (χ1) is 10.2. The summed E-state index contributed by atoms with van der Waals surface area (Å²) in [5, 5.41) is 2.86. The Balaban J connectivity index is 1.80. The summed E-state index contributed by atoms with van der Waals surface area (Å²) in [6, 6.07) is 9.28. The first-order valence-corrected chi connectivity index (χ1v) is 7.33. The maximum absolute atomic E-state index is 12.3. The first kappa shape index (κ1) is 15.5. The number of nitrogens with zero attached hydrogens (tertiary/aromatic N) is 1. The van der Waals surface area contributed by atoms with Gasteiger partial charge >= 0.3 is 0 Å². The second kappa shape index (κ2) is 7.78. The first-order valence-electron chi connectivity index (χ1n) is 7.33. The van der Waals surface area contributed by atoms with E-state index in [-0.39, 0.29) is 17.7 Å². The number of carbonyl (C=O) groups excluding carboxylic acids is 2. The summed E-state index contributed by atoms with van der Waals surface area (Å²) >= 11 is 0. The molecule has 0 aromatic heterocycles. The van der Waals surface area contributed by atoms with Crippen LogP contribution in [0.15, 0.2) is 30.3 Å². The molecular formula is C16H22N2O3. The maximum Gasteiger partial charge on any atom is 0.253 e. The fraction of sp³-hybridized carbons (Fsp3) is 0.500. The van der Waals surface area contributed by atoms with E-state index in [1.807, 2.05) is 35.2 Å². The molecule has 5 nitrogen and oxygen atoms in total. The second-order valence-corrected chi connectivity index (χ2v) is 5.22. The van der Waals surface area contributed by atoms with Gasteiger partial charge in [0.25, 0.3) is 5.91 Å². The summed E-state index contributed by atoms with van der Waals surface area (Å²) in [4.78, 5) is 26.1. The van der Waals surface area contributed by atoms with Gasteiger partial charge in [-0.1, -0.05) is 18.2 Å². The average Bonchev–Trinajstić information content (AvgIpc) is 2.55. The molecule has 21 heavy (non-hydrogen) atoms. The normalized spacial score (nSPS) is 15.8. The van der Waals surface area contributed by atoms with Crippen molar-refractivity contribution in [3.05, 3.63) is 35.9 Å². The van der Waals surface area contributed by atoms with Gasteiger partial charge in [0.15, 0.2) is 0 Å². The van der Waals surface area contributed by atoms with Crippen LogP contribution in [0.25, 0.3) is 0 Å². The summed E-state index contributed by atoms with van der Waals surface area (Å²) in [7, 11) is 1.61. The van der Waals surface area contributed by atoms with Crippen molar-refractivity contribution in [1.82, 2.24) is 10.2 Å². The molecule has 0 bridgehead atoms. The zero-order valence-electron chi connectivity index (χ0n) is 12.4. The van der Waals surface area contributed by atoms with Gasteiger partial charge in [0, 0.05) is 38.2 Å². The molecule has 114 valence electrons. The third kappa shape index (κ3) is 4.29. The molecule has 5 heteroatoms. The number of hydrogen-bond donors (Lipinski definition) is 1. The van der Waals surface area contributed by atoms with Crippen LogP contribution in [-0.4, -0.2) is 50.1 Å². The highest BCUT2D eigenvalue weighted by Crippen LogP contribution is 2.19. The molecule has 1 N–H and O–H groups in total. The Bertz CT molecular complexity index is 468. The van der Waals surface area contributed by atoms with E-state index in [1.54, 1.807) is 7.11 Å². The minimum absolute atomic E-state index is 0.00156. The number of hydrogen-bond acceptors (Lipinski definition) is 3. The number of nitrogens with one attached hydrogen (secondary N) is 1. The molecule has 1 saturated heterocycles. The van der Waals surface area contributed by atoms with Crippen molar-refractivity contribution in [2.45, 2.75) is 12.8 Å². The van der Waals surface area contributed by atoms with E-state index in [0.29, 0.717) is 31.8 Å². The van der Waals surface area contributed by atoms with E-state index in [9.17, 15) is 9.59 Å². The standard InChI is InChI=1S/C16H22N2O3/c1-21-12-9-17-15(19)13-7-10-18(11-8-13)16(20)14-5-3-2-4-6-14/h2-6,13H,7-12H2,1H3,(H,17,19). The zero-order valence-corrected chi connectivity index (χ0v) is 12.4. The molecule has 2 rings (SSSR count). The lowest BCUT2D eigenvalue weighted by atomic mass is 9.95. The fourth-order valence-corrected chi connectivity index (χ4v) is 2.53. The van der Waals surface area contributed by atoms with Gasteiger partial charge in [0.2, 0.25) is 5.91 Å². The molecule has 1 heterocycles. The van der Waals surface area contributed by atoms with Gasteiger partial charge in [-0.3, -0.25) is 9.59 Å². The quantitative estimate of drug-likeness (QED) is 0.832. The topological polar surface area (TPSA) is 58.6 Å². The Morgan fingerprint density at radius 1 is 1.24 bits per heavy atom. The Labute approximate surface area is 125 Å². The van der Waals surface area contributed by atoms with Gasteiger partial charge in [-0.25, -0.2) is 0 Å². The lowest BCUT2D eigenvalue weighted by molar-refractivity contribution is -0.126. The molecule has 0 unspecified atom stereocenters. The summed E-state index contributed by atoms with van der Waals surface area (Å²) < 4.78 is 4.91. The van der Waals surface area contributed by atoms with Crippen LogP contribution in [0.4, 0.5) is 0 Å². The van der Waals surface area contributed by atoms with E-state index < -0.39 is 0 Å². The molecule has 1 aromatic rings. The molecule has 1 fully saturated rings. The van der Waals surface area contributed by atoms with Gasteiger partial charge in [-0.2, -0.15) is 0 Å². The number of rotatable bonds is 5. The Morgan fingerprint density at radius 3 is 2.52 bits per heavy atom. The number of methoxy groups -OCH3 is 1. The van der Waals surface area contributed by atoms with Crippen LogP contribution in [0.3, 0.4) is 0 Å². The van der Waals surface area contributed by atoms with Crippen molar-refractivity contribution in [2.75, 3.05) is 33.4 Å². The molecule has 1 aromatic carbocycles. The highest BCUT2D eigenvalue weighted by molar-refractivity contribution is 5.94. The van der Waals surface area contributed by atoms with E-state index in [1.165, 1.54) is 0 Å². The van der Waals surface area contributed by atoms with Gasteiger partial charge in [0.05, 0.1) is 6.61 Å². The molecule has 1 aliphatic heterocycles. The van der Waals surface area contributed by atoms with Crippen molar-refractivity contribution in [3.8, 4) is 0 Å². The van der Waals surface area contributed by atoms with Crippen LogP contribution < -0.4 is 5.32 Å². The molecule has 0 spiro atoms. The van der Waals surface area contributed by atoms with Gasteiger partial charge in [-0.05, 0) is 25.0 Å². The van der Waals surface area contributed by atoms with E-state index in [0.717, 1.165) is 12.8 Å². The summed E-state index contributed by atoms with van der Waals surface area (Å²) in [5.74, 6) is 0.120. The van der Waals surface area contributed by atoms with Crippen molar-refractivity contribution in [3.63, 3.8) is 0 Å². The largest absolute Gasteiger partial charge is 0.383 e.